The van der Waals surface area contributed by atoms with E-state index in [-0.39, 0.29) is 19.4 Å². The number of ether oxygens (including phenoxy) is 1. The summed E-state index contributed by atoms with van der Waals surface area (Å²) in [6.45, 7) is 7.69. The molecule has 2 aromatic carbocycles. The van der Waals surface area contributed by atoms with Gasteiger partial charge in [0.25, 0.3) is 5.01 Å². The standard InChI is InChI=1S/C32H32N2O4S2/c1-4-33-24-11-7-9-13-26(24)39-28(33)17-15-22-19-23(21-32(20-22,30(35)36)31(37)38-6-3)16-18-29-34(5-2)25-12-8-10-14-27(25)40-29/h7-19H,4-6,20-21H2,1-3H3/p+1. The van der Waals surface area contributed by atoms with E-state index in [9.17, 15) is 14.7 Å². The Hall–Kier alpha value is -3.62. The number of carboxylic acid groups (broad SMARTS) is 1. The minimum atomic E-state index is -1.67. The Morgan fingerprint density at radius 2 is 1.82 bits per heavy atom. The number of anilines is 1. The van der Waals surface area contributed by atoms with Crippen LogP contribution < -0.4 is 9.47 Å². The summed E-state index contributed by atoms with van der Waals surface area (Å²) in [6.07, 6.45) is 10.1. The summed E-state index contributed by atoms with van der Waals surface area (Å²) in [7, 11) is 0. The van der Waals surface area contributed by atoms with Gasteiger partial charge in [0.1, 0.15) is 11.2 Å². The average Bonchev–Trinajstić information content (AvgIpc) is 3.51. The van der Waals surface area contributed by atoms with Crippen LogP contribution in [-0.2, 0) is 20.9 Å². The Labute approximate surface area is 243 Å². The van der Waals surface area contributed by atoms with Crippen molar-refractivity contribution >= 4 is 57.0 Å². The molecule has 5 rings (SSSR count). The Bertz CT molecular complexity index is 1580. The lowest BCUT2D eigenvalue weighted by Crippen LogP contribution is -2.42. The molecule has 1 aliphatic carbocycles. The molecule has 206 valence electrons. The Morgan fingerprint density at radius 3 is 2.58 bits per heavy atom. The van der Waals surface area contributed by atoms with Gasteiger partial charge in [-0.25, -0.2) is 0 Å². The molecule has 8 heteroatoms. The zero-order valence-corrected chi connectivity index (χ0v) is 24.6. The van der Waals surface area contributed by atoms with E-state index in [0.717, 1.165) is 34.3 Å². The van der Waals surface area contributed by atoms with Gasteiger partial charge in [-0.2, -0.15) is 4.57 Å². The van der Waals surface area contributed by atoms with Crippen LogP contribution in [0.25, 0.3) is 16.3 Å². The number of thioether (sulfide) groups is 1. The number of nitrogens with zero attached hydrogens (tertiary/aromatic N) is 2. The van der Waals surface area contributed by atoms with Gasteiger partial charge in [0.15, 0.2) is 5.41 Å². The zero-order valence-electron chi connectivity index (χ0n) is 22.9. The third-order valence-corrected chi connectivity index (χ3v) is 9.51. The summed E-state index contributed by atoms with van der Waals surface area (Å²) in [5.74, 6) is -1.85. The van der Waals surface area contributed by atoms with Crippen molar-refractivity contribution < 1.29 is 24.0 Å². The van der Waals surface area contributed by atoms with Crippen LogP contribution in [0.15, 0.2) is 93.9 Å². The largest absolute Gasteiger partial charge is 0.480 e. The predicted molar refractivity (Wildman–Crippen MR) is 162 cm³/mol. The molecule has 0 amide bonds. The molecule has 3 aromatic rings. The monoisotopic (exact) mass is 573 g/mol. The van der Waals surface area contributed by atoms with Gasteiger partial charge in [-0.1, -0.05) is 65.6 Å². The quantitative estimate of drug-likeness (QED) is 0.178. The average molecular weight is 574 g/mol. The van der Waals surface area contributed by atoms with E-state index in [0.29, 0.717) is 0 Å². The first-order chi connectivity index (χ1) is 19.4. The highest BCUT2D eigenvalue weighted by Gasteiger charge is 2.50. The van der Waals surface area contributed by atoms with E-state index < -0.39 is 17.4 Å². The first kappa shape index (κ1) is 27.9. The molecule has 0 bridgehead atoms. The Balaban J connectivity index is 1.54. The second-order valence-corrected chi connectivity index (χ2v) is 11.9. The fraction of sp³-hybridized carbons (Fsp3) is 0.281. The molecule has 2 heterocycles. The molecule has 0 radical (unpaired) electrons. The van der Waals surface area contributed by atoms with Crippen LogP contribution in [0.3, 0.4) is 0 Å². The minimum absolute atomic E-state index is 0.0733. The van der Waals surface area contributed by atoms with Crippen molar-refractivity contribution in [3.05, 3.63) is 94.0 Å². The predicted octanol–water partition coefficient (Wildman–Crippen LogP) is 6.98. The molecule has 0 saturated heterocycles. The van der Waals surface area contributed by atoms with Crippen LogP contribution in [-0.4, -0.2) is 30.2 Å². The molecule has 6 nitrogen and oxygen atoms in total. The fourth-order valence-corrected chi connectivity index (χ4v) is 7.59. The third kappa shape index (κ3) is 5.25. The SMILES string of the molecule is CCOC(=O)C1(C(=O)O)CC(=CC=C2Sc3ccccc3N2CC)C=C(C=Cc2sc3ccccc3[n+]2CC)C1. The van der Waals surface area contributed by atoms with Crippen molar-refractivity contribution in [2.24, 2.45) is 5.41 Å². The molecule has 1 N–H and O–H groups in total. The number of rotatable bonds is 8. The maximum Gasteiger partial charge on any atom is 0.324 e. The zero-order chi connectivity index (χ0) is 28.3. The molecule has 1 atom stereocenters. The number of fused-ring (bicyclic) bond motifs is 2. The van der Waals surface area contributed by atoms with Crippen molar-refractivity contribution in [1.29, 1.82) is 0 Å². The van der Waals surface area contributed by atoms with Crippen LogP contribution in [0.1, 0.15) is 38.6 Å². The summed E-state index contributed by atoms with van der Waals surface area (Å²) in [6, 6.07) is 16.5. The van der Waals surface area contributed by atoms with Crippen molar-refractivity contribution in [1.82, 2.24) is 0 Å². The van der Waals surface area contributed by atoms with Gasteiger partial charge in [0.2, 0.25) is 5.52 Å². The second kappa shape index (κ2) is 11.9. The second-order valence-electron chi connectivity index (χ2n) is 9.73. The highest BCUT2D eigenvalue weighted by atomic mass is 32.2. The minimum Gasteiger partial charge on any atom is -0.480 e. The van der Waals surface area contributed by atoms with Crippen LogP contribution in [0, 0.1) is 5.41 Å². The first-order valence-electron chi connectivity index (χ1n) is 13.6. The molecule has 40 heavy (non-hydrogen) atoms. The van der Waals surface area contributed by atoms with Gasteiger partial charge < -0.3 is 14.7 Å². The number of aromatic nitrogens is 1. The fourth-order valence-electron chi connectivity index (χ4n) is 5.33. The number of hydrogen-bond acceptors (Lipinski definition) is 6. The van der Waals surface area contributed by atoms with Gasteiger partial charge in [-0.15, -0.1) is 0 Å². The van der Waals surface area contributed by atoms with Crippen LogP contribution in [0.5, 0.6) is 0 Å². The number of aryl methyl sites for hydroxylation is 1. The molecular weight excluding hydrogens is 540 g/mol. The molecule has 1 aliphatic heterocycles. The molecule has 1 unspecified atom stereocenters. The van der Waals surface area contributed by atoms with Gasteiger partial charge >= 0.3 is 11.9 Å². The lowest BCUT2D eigenvalue weighted by atomic mass is 9.72. The molecule has 0 spiro atoms. The number of aliphatic carboxylic acids is 1. The molecule has 1 aromatic heterocycles. The smallest absolute Gasteiger partial charge is 0.324 e. The van der Waals surface area contributed by atoms with Crippen LogP contribution >= 0.6 is 23.1 Å². The summed E-state index contributed by atoms with van der Waals surface area (Å²) >= 11 is 3.38. The van der Waals surface area contributed by atoms with Gasteiger partial charge in [0, 0.05) is 23.6 Å². The first-order valence-corrected chi connectivity index (χ1v) is 15.2. The highest BCUT2D eigenvalue weighted by Crippen LogP contribution is 2.46. The highest BCUT2D eigenvalue weighted by molar-refractivity contribution is 8.03. The lowest BCUT2D eigenvalue weighted by Gasteiger charge is -2.31. The maximum atomic E-state index is 13.1. The topological polar surface area (TPSA) is 70.7 Å². The van der Waals surface area contributed by atoms with Gasteiger partial charge in [-0.3, -0.25) is 9.59 Å². The Morgan fingerprint density at radius 1 is 1.05 bits per heavy atom. The van der Waals surface area contributed by atoms with Crippen LogP contribution in [0.2, 0.25) is 0 Å². The van der Waals surface area contributed by atoms with E-state index in [1.54, 1.807) is 30.0 Å². The number of carboxylic acids is 1. The number of carbonyl (C=O) groups is 2. The summed E-state index contributed by atoms with van der Waals surface area (Å²) < 4.78 is 8.74. The van der Waals surface area contributed by atoms with Crippen molar-refractivity contribution in [2.45, 2.75) is 45.1 Å². The van der Waals surface area contributed by atoms with Crippen LogP contribution in [0.4, 0.5) is 5.69 Å². The van der Waals surface area contributed by atoms with E-state index in [1.165, 1.54) is 20.8 Å². The number of esters is 1. The number of benzene rings is 2. The van der Waals surface area contributed by atoms with Crippen molar-refractivity contribution in [3.8, 4) is 0 Å². The summed E-state index contributed by atoms with van der Waals surface area (Å²) in [5.41, 5.74) is 2.22. The molecule has 0 fully saturated rings. The number of para-hydroxylation sites is 2. The number of hydrogen-bond donors (Lipinski definition) is 1. The number of thiazole rings is 1. The van der Waals surface area contributed by atoms with Crippen molar-refractivity contribution in [3.63, 3.8) is 0 Å². The van der Waals surface area contributed by atoms with Crippen molar-refractivity contribution in [2.75, 3.05) is 18.1 Å². The third-order valence-electron chi connectivity index (χ3n) is 7.24. The number of carbonyl (C=O) groups excluding carboxylic acids is 1. The Kier molecular flexibility index (Phi) is 8.28. The molecule has 2 aliphatic rings. The van der Waals surface area contributed by atoms with Gasteiger partial charge in [0.05, 0.1) is 17.3 Å². The number of allylic oxidation sites excluding steroid dienone is 6. The van der Waals surface area contributed by atoms with E-state index in [4.69, 9.17) is 4.74 Å². The van der Waals surface area contributed by atoms with E-state index in [2.05, 4.69) is 47.6 Å². The van der Waals surface area contributed by atoms with E-state index >= 15 is 0 Å². The lowest BCUT2D eigenvalue weighted by molar-refractivity contribution is -0.665. The summed E-state index contributed by atoms with van der Waals surface area (Å²) in [4.78, 5) is 29.2. The molecular formula is C32H33N2O4S2+. The maximum absolute atomic E-state index is 13.1. The summed E-state index contributed by atoms with van der Waals surface area (Å²) in [5, 5.41) is 12.5. The molecule has 0 saturated carbocycles. The van der Waals surface area contributed by atoms with Gasteiger partial charge in [-0.05, 0) is 69.0 Å². The van der Waals surface area contributed by atoms with E-state index in [1.807, 2.05) is 54.6 Å². The normalized spacial score (nSPS) is 20.9.